The quantitative estimate of drug-likeness (QED) is 0.321. The lowest BCUT2D eigenvalue weighted by atomic mass is 10.2. The lowest BCUT2D eigenvalue weighted by molar-refractivity contribution is 0.592. The van der Waals surface area contributed by atoms with Crippen molar-refractivity contribution in [3.8, 4) is 5.69 Å². The fraction of sp³-hybridized carbons (Fsp3) is 0. The fourth-order valence-electron chi connectivity index (χ4n) is 4.59. The molecular weight excluding hydrogens is 423 g/mol. The highest BCUT2D eigenvalue weighted by atomic mass is 31.2. The standard InChI is InChI=1S/C29H21N2OP/c32-33(23-11-3-1-4-12-23,24-13-5-2-6-14-24)29-20-19-22(21-30-29)31-27-17-9-7-15-25(27)26-16-8-10-18-28(26)31/h1-21H. The molecule has 0 N–H and O–H groups in total. The monoisotopic (exact) mass is 444 g/mol. The van der Waals surface area contributed by atoms with Gasteiger partial charge in [0.2, 0.25) is 0 Å². The molecule has 6 rings (SSSR count). The van der Waals surface area contributed by atoms with E-state index in [-0.39, 0.29) is 0 Å². The van der Waals surface area contributed by atoms with Gasteiger partial charge in [0.15, 0.2) is 7.14 Å². The molecule has 2 aromatic heterocycles. The second-order valence-electron chi connectivity index (χ2n) is 8.02. The van der Waals surface area contributed by atoms with E-state index in [4.69, 9.17) is 4.98 Å². The van der Waals surface area contributed by atoms with Crippen molar-refractivity contribution in [3.05, 3.63) is 128 Å². The van der Waals surface area contributed by atoms with E-state index in [2.05, 4.69) is 53.1 Å². The number of para-hydroxylation sites is 2. The van der Waals surface area contributed by atoms with Crippen molar-refractivity contribution in [1.29, 1.82) is 0 Å². The summed E-state index contributed by atoms with van der Waals surface area (Å²) >= 11 is 0. The minimum Gasteiger partial charge on any atom is -0.308 e. The average Bonchev–Trinajstić information content (AvgIpc) is 3.24. The number of hydrogen-bond acceptors (Lipinski definition) is 2. The Morgan fingerprint density at radius 1 is 0.545 bits per heavy atom. The van der Waals surface area contributed by atoms with E-state index in [1.54, 1.807) is 0 Å². The normalized spacial score (nSPS) is 11.8. The number of benzene rings is 4. The Morgan fingerprint density at radius 2 is 1.03 bits per heavy atom. The third kappa shape index (κ3) is 3.13. The van der Waals surface area contributed by atoms with Crippen LogP contribution in [0.15, 0.2) is 128 Å². The highest BCUT2D eigenvalue weighted by molar-refractivity contribution is 7.85. The molecule has 33 heavy (non-hydrogen) atoms. The molecule has 0 fully saturated rings. The second kappa shape index (κ2) is 7.88. The zero-order valence-electron chi connectivity index (χ0n) is 17.9. The van der Waals surface area contributed by atoms with Gasteiger partial charge in [-0.2, -0.15) is 0 Å². The molecule has 0 spiro atoms. The zero-order valence-corrected chi connectivity index (χ0v) is 18.8. The van der Waals surface area contributed by atoms with E-state index in [0.29, 0.717) is 5.44 Å². The van der Waals surface area contributed by atoms with Crippen molar-refractivity contribution in [2.24, 2.45) is 0 Å². The largest absolute Gasteiger partial charge is 0.308 e. The van der Waals surface area contributed by atoms with Crippen LogP contribution in [-0.4, -0.2) is 9.55 Å². The molecule has 0 aliphatic heterocycles. The summed E-state index contributed by atoms with van der Waals surface area (Å²) in [5.74, 6) is 0. The number of hydrogen-bond donors (Lipinski definition) is 0. The first-order valence-corrected chi connectivity index (χ1v) is 12.6. The van der Waals surface area contributed by atoms with E-state index in [9.17, 15) is 4.57 Å². The number of nitrogens with zero attached hydrogens (tertiary/aromatic N) is 2. The summed E-state index contributed by atoms with van der Waals surface area (Å²) in [5.41, 5.74) is 3.79. The molecule has 0 unspecified atom stereocenters. The van der Waals surface area contributed by atoms with E-state index in [0.717, 1.165) is 27.3 Å². The Morgan fingerprint density at radius 3 is 1.52 bits per heavy atom. The molecule has 4 aromatic carbocycles. The van der Waals surface area contributed by atoms with Gasteiger partial charge in [0.25, 0.3) is 0 Å². The molecule has 0 bridgehead atoms. The highest BCUT2D eigenvalue weighted by Gasteiger charge is 2.31. The van der Waals surface area contributed by atoms with Crippen LogP contribution in [0.1, 0.15) is 0 Å². The van der Waals surface area contributed by atoms with Crippen molar-refractivity contribution in [3.63, 3.8) is 0 Å². The van der Waals surface area contributed by atoms with E-state index >= 15 is 0 Å². The first-order valence-electron chi connectivity index (χ1n) is 10.9. The van der Waals surface area contributed by atoms with Crippen molar-refractivity contribution < 1.29 is 4.57 Å². The molecule has 4 heteroatoms. The van der Waals surface area contributed by atoms with Crippen LogP contribution < -0.4 is 16.0 Å². The van der Waals surface area contributed by atoms with Crippen molar-refractivity contribution in [2.45, 2.75) is 0 Å². The topological polar surface area (TPSA) is 34.9 Å². The molecule has 0 amide bonds. The second-order valence-corrected chi connectivity index (χ2v) is 10.7. The Balaban J connectivity index is 1.55. The van der Waals surface area contributed by atoms with Crippen molar-refractivity contribution in [2.75, 3.05) is 0 Å². The van der Waals surface area contributed by atoms with E-state index < -0.39 is 7.14 Å². The van der Waals surface area contributed by atoms with Gasteiger partial charge < -0.3 is 9.13 Å². The van der Waals surface area contributed by atoms with Crippen LogP contribution in [0.3, 0.4) is 0 Å². The summed E-state index contributed by atoms with van der Waals surface area (Å²) in [6.07, 6.45) is 1.84. The number of aromatic nitrogens is 2. The van der Waals surface area contributed by atoms with E-state index in [1.807, 2.05) is 79.0 Å². The van der Waals surface area contributed by atoms with Gasteiger partial charge in [-0.1, -0.05) is 97.1 Å². The maximum absolute atomic E-state index is 14.6. The molecule has 0 aliphatic carbocycles. The molecule has 2 heterocycles. The van der Waals surface area contributed by atoms with Crippen LogP contribution >= 0.6 is 7.14 Å². The smallest absolute Gasteiger partial charge is 0.188 e. The molecule has 0 radical (unpaired) electrons. The third-order valence-corrected chi connectivity index (χ3v) is 9.09. The van der Waals surface area contributed by atoms with Crippen LogP contribution in [0, 0.1) is 0 Å². The predicted octanol–water partition coefficient (Wildman–Crippen LogP) is 5.82. The van der Waals surface area contributed by atoms with Gasteiger partial charge in [0.05, 0.1) is 22.9 Å². The van der Waals surface area contributed by atoms with Crippen LogP contribution in [0.25, 0.3) is 27.5 Å². The summed E-state index contributed by atoms with van der Waals surface area (Å²) in [6, 6.07) is 40.0. The van der Waals surface area contributed by atoms with Gasteiger partial charge in [-0.25, -0.2) is 0 Å². The van der Waals surface area contributed by atoms with Gasteiger partial charge >= 0.3 is 0 Å². The van der Waals surface area contributed by atoms with Crippen molar-refractivity contribution >= 4 is 45.0 Å². The lowest BCUT2D eigenvalue weighted by Crippen LogP contribution is -2.27. The van der Waals surface area contributed by atoms with Crippen LogP contribution in [-0.2, 0) is 4.57 Å². The minimum absolute atomic E-state index is 0.587. The minimum atomic E-state index is -3.09. The van der Waals surface area contributed by atoms with Gasteiger partial charge in [-0.15, -0.1) is 0 Å². The van der Waals surface area contributed by atoms with Gasteiger partial charge in [-0.05, 0) is 24.3 Å². The molecule has 6 aromatic rings. The summed E-state index contributed by atoms with van der Waals surface area (Å²) in [4.78, 5) is 4.79. The predicted molar refractivity (Wildman–Crippen MR) is 138 cm³/mol. The Labute approximate surface area is 192 Å². The van der Waals surface area contributed by atoms with Crippen LogP contribution in [0.5, 0.6) is 0 Å². The summed E-state index contributed by atoms with van der Waals surface area (Å²) in [7, 11) is -3.09. The van der Waals surface area contributed by atoms with Gasteiger partial charge in [0, 0.05) is 21.4 Å². The molecule has 0 aliphatic rings. The third-order valence-electron chi connectivity index (χ3n) is 6.13. The molecule has 3 nitrogen and oxygen atoms in total. The first-order chi connectivity index (χ1) is 16.3. The Bertz CT molecular complexity index is 1520. The number of pyridine rings is 1. The van der Waals surface area contributed by atoms with E-state index in [1.165, 1.54) is 10.8 Å². The van der Waals surface area contributed by atoms with Crippen molar-refractivity contribution in [1.82, 2.24) is 9.55 Å². The van der Waals surface area contributed by atoms with Gasteiger partial charge in [-0.3, -0.25) is 4.98 Å². The summed E-state index contributed by atoms with van der Waals surface area (Å²) in [6.45, 7) is 0. The number of fused-ring (bicyclic) bond motifs is 3. The first kappa shape index (κ1) is 19.7. The molecule has 0 saturated carbocycles. The molecule has 158 valence electrons. The van der Waals surface area contributed by atoms with Crippen LogP contribution in [0.2, 0.25) is 0 Å². The SMILES string of the molecule is O=P(c1ccccc1)(c1ccccc1)c1ccc(-n2c3ccccc3c3ccccc32)cn1. The lowest BCUT2D eigenvalue weighted by Gasteiger charge is -2.19. The highest BCUT2D eigenvalue weighted by Crippen LogP contribution is 2.41. The molecule has 0 saturated heterocycles. The Kier molecular flexibility index (Phi) is 4.71. The summed E-state index contributed by atoms with van der Waals surface area (Å²) < 4.78 is 16.8. The number of rotatable bonds is 4. The maximum Gasteiger partial charge on any atom is 0.188 e. The van der Waals surface area contributed by atoms with Gasteiger partial charge in [0.1, 0.15) is 5.44 Å². The molecular formula is C29H21N2OP. The zero-order chi connectivity index (χ0) is 22.3. The Hall–Kier alpha value is -3.94. The maximum atomic E-state index is 14.6. The molecule has 0 atom stereocenters. The summed E-state index contributed by atoms with van der Waals surface area (Å²) in [5, 5.41) is 3.98. The van der Waals surface area contributed by atoms with Crippen LogP contribution in [0.4, 0.5) is 0 Å². The fourth-order valence-corrected chi connectivity index (χ4v) is 7.10. The average molecular weight is 444 g/mol.